The standard InChI is InChI=1S/C21H29N3O2/c1-24(16-19-11-15-25-17-19)21(23-13-10-20-8-5-14-26-20)22-12-9-18-6-3-2-4-7-18/h2-8,14,19H,9-13,15-17H2,1H3,(H,22,23). The van der Waals surface area contributed by atoms with Gasteiger partial charge in [0.2, 0.25) is 0 Å². The van der Waals surface area contributed by atoms with E-state index in [0.29, 0.717) is 12.5 Å². The van der Waals surface area contributed by atoms with E-state index in [1.165, 1.54) is 5.56 Å². The van der Waals surface area contributed by atoms with Gasteiger partial charge < -0.3 is 19.4 Å². The molecule has 1 fully saturated rings. The zero-order valence-electron chi connectivity index (χ0n) is 15.6. The van der Waals surface area contributed by atoms with E-state index in [9.17, 15) is 0 Å². The van der Waals surface area contributed by atoms with Crippen molar-refractivity contribution in [2.45, 2.75) is 19.3 Å². The number of ether oxygens (including phenoxy) is 1. The van der Waals surface area contributed by atoms with Crippen LogP contribution in [0.3, 0.4) is 0 Å². The fourth-order valence-corrected chi connectivity index (χ4v) is 3.20. The first-order valence-corrected chi connectivity index (χ1v) is 9.45. The Morgan fingerprint density at radius 1 is 1.19 bits per heavy atom. The fourth-order valence-electron chi connectivity index (χ4n) is 3.20. The highest BCUT2D eigenvalue weighted by atomic mass is 16.5. The SMILES string of the molecule is CN(CC1CCOC1)C(=NCCc1ccco1)NCCc1ccccc1. The van der Waals surface area contributed by atoms with Crippen molar-refractivity contribution in [3.05, 3.63) is 60.1 Å². The molecule has 0 aliphatic carbocycles. The van der Waals surface area contributed by atoms with Gasteiger partial charge >= 0.3 is 0 Å². The molecule has 5 nitrogen and oxygen atoms in total. The number of nitrogens with one attached hydrogen (secondary N) is 1. The van der Waals surface area contributed by atoms with E-state index in [2.05, 4.69) is 47.6 Å². The number of hydrogen-bond donors (Lipinski definition) is 1. The summed E-state index contributed by atoms with van der Waals surface area (Å²) in [4.78, 5) is 7.03. The summed E-state index contributed by atoms with van der Waals surface area (Å²) in [6.45, 7) is 4.29. The third kappa shape index (κ3) is 5.92. The Balaban J connectivity index is 1.53. The molecule has 1 atom stereocenters. The lowest BCUT2D eigenvalue weighted by atomic mass is 10.1. The van der Waals surface area contributed by atoms with Crippen LogP contribution in [-0.4, -0.2) is 50.8 Å². The van der Waals surface area contributed by atoms with Crippen molar-refractivity contribution >= 4 is 5.96 Å². The minimum absolute atomic E-state index is 0.589. The first-order chi connectivity index (χ1) is 12.8. The molecule has 0 radical (unpaired) electrons. The molecule has 1 unspecified atom stereocenters. The summed E-state index contributed by atoms with van der Waals surface area (Å²) >= 11 is 0. The van der Waals surface area contributed by atoms with E-state index in [-0.39, 0.29) is 0 Å². The van der Waals surface area contributed by atoms with Gasteiger partial charge in [-0.05, 0) is 30.5 Å². The van der Waals surface area contributed by atoms with Gasteiger partial charge in [0, 0.05) is 45.6 Å². The summed E-state index contributed by atoms with van der Waals surface area (Å²) in [5.41, 5.74) is 1.33. The zero-order valence-corrected chi connectivity index (χ0v) is 15.6. The molecule has 0 saturated carbocycles. The first-order valence-electron chi connectivity index (χ1n) is 9.45. The van der Waals surface area contributed by atoms with Crippen molar-refractivity contribution in [3.63, 3.8) is 0 Å². The van der Waals surface area contributed by atoms with E-state index in [0.717, 1.165) is 57.3 Å². The lowest BCUT2D eigenvalue weighted by Gasteiger charge is -2.25. The molecule has 1 N–H and O–H groups in total. The zero-order chi connectivity index (χ0) is 18.0. The maximum atomic E-state index is 5.51. The summed E-state index contributed by atoms with van der Waals surface area (Å²) < 4.78 is 10.9. The number of furan rings is 1. The van der Waals surface area contributed by atoms with Gasteiger partial charge in [-0.25, -0.2) is 0 Å². The molecule has 2 aromatic rings. The fraction of sp³-hybridized carbons (Fsp3) is 0.476. The number of nitrogens with zero attached hydrogens (tertiary/aromatic N) is 2. The second-order valence-electron chi connectivity index (χ2n) is 6.81. The molecule has 140 valence electrons. The van der Waals surface area contributed by atoms with Gasteiger partial charge in [-0.3, -0.25) is 4.99 Å². The average molecular weight is 355 g/mol. The molecule has 1 aromatic heterocycles. The van der Waals surface area contributed by atoms with Crippen molar-refractivity contribution in [1.82, 2.24) is 10.2 Å². The average Bonchev–Trinajstić information content (AvgIpc) is 3.35. The molecule has 5 heteroatoms. The summed E-state index contributed by atoms with van der Waals surface area (Å²) in [5, 5.41) is 3.53. The maximum Gasteiger partial charge on any atom is 0.193 e. The molecular weight excluding hydrogens is 326 g/mol. The molecule has 0 amide bonds. The smallest absolute Gasteiger partial charge is 0.193 e. The van der Waals surface area contributed by atoms with E-state index >= 15 is 0 Å². The van der Waals surface area contributed by atoms with Gasteiger partial charge in [0.25, 0.3) is 0 Å². The third-order valence-electron chi connectivity index (χ3n) is 4.66. The van der Waals surface area contributed by atoms with Crippen LogP contribution in [0.4, 0.5) is 0 Å². The Kier molecular flexibility index (Phi) is 7.14. The number of rotatable bonds is 8. The number of hydrogen-bond acceptors (Lipinski definition) is 3. The van der Waals surface area contributed by atoms with Crippen LogP contribution in [0.25, 0.3) is 0 Å². The van der Waals surface area contributed by atoms with Gasteiger partial charge in [0.15, 0.2) is 5.96 Å². The maximum absolute atomic E-state index is 5.51. The van der Waals surface area contributed by atoms with Crippen molar-refractivity contribution in [2.75, 3.05) is 39.9 Å². The highest BCUT2D eigenvalue weighted by molar-refractivity contribution is 5.79. The normalized spacial score (nSPS) is 17.4. The summed E-state index contributed by atoms with van der Waals surface area (Å²) in [5.74, 6) is 2.52. The Morgan fingerprint density at radius 3 is 2.81 bits per heavy atom. The van der Waals surface area contributed by atoms with Crippen LogP contribution < -0.4 is 5.32 Å². The van der Waals surface area contributed by atoms with Gasteiger partial charge in [0.05, 0.1) is 12.9 Å². The molecule has 1 aromatic carbocycles. The van der Waals surface area contributed by atoms with Gasteiger partial charge in [-0.2, -0.15) is 0 Å². The Morgan fingerprint density at radius 2 is 2.08 bits per heavy atom. The van der Waals surface area contributed by atoms with Crippen molar-refractivity contribution in [1.29, 1.82) is 0 Å². The van der Waals surface area contributed by atoms with Crippen molar-refractivity contribution in [2.24, 2.45) is 10.9 Å². The third-order valence-corrected chi connectivity index (χ3v) is 4.66. The van der Waals surface area contributed by atoms with Crippen molar-refractivity contribution in [3.8, 4) is 0 Å². The number of benzene rings is 1. The molecule has 1 aliphatic rings. The topological polar surface area (TPSA) is 50.0 Å². The van der Waals surface area contributed by atoms with Gasteiger partial charge in [0.1, 0.15) is 5.76 Å². The summed E-state index contributed by atoms with van der Waals surface area (Å²) in [7, 11) is 2.11. The predicted octanol–water partition coefficient (Wildman–Crippen LogP) is 2.98. The van der Waals surface area contributed by atoms with Crippen LogP contribution in [0.15, 0.2) is 58.1 Å². The Bertz CT molecular complexity index is 649. The molecule has 26 heavy (non-hydrogen) atoms. The second-order valence-corrected chi connectivity index (χ2v) is 6.81. The Labute approximate surface area is 156 Å². The summed E-state index contributed by atoms with van der Waals surface area (Å²) in [6, 6.07) is 14.5. The van der Waals surface area contributed by atoms with Crippen LogP contribution >= 0.6 is 0 Å². The largest absolute Gasteiger partial charge is 0.469 e. The first kappa shape index (κ1) is 18.5. The molecular formula is C21H29N3O2. The number of guanidine groups is 1. The van der Waals surface area contributed by atoms with E-state index in [1.807, 2.05) is 12.1 Å². The van der Waals surface area contributed by atoms with Crippen LogP contribution in [0.2, 0.25) is 0 Å². The minimum atomic E-state index is 0.589. The van der Waals surface area contributed by atoms with E-state index in [4.69, 9.17) is 14.1 Å². The molecule has 1 aliphatic heterocycles. The molecule has 2 heterocycles. The van der Waals surface area contributed by atoms with Gasteiger partial charge in [-0.15, -0.1) is 0 Å². The van der Waals surface area contributed by atoms with Gasteiger partial charge in [-0.1, -0.05) is 30.3 Å². The van der Waals surface area contributed by atoms with Crippen LogP contribution in [0, 0.1) is 5.92 Å². The monoisotopic (exact) mass is 355 g/mol. The van der Waals surface area contributed by atoms with Crippen LogP contribution in [0.1, 0.15) is 17.7 Å². The predicted molar refractivity (Wildman–Crippen MR) is 104 cm³/mol. The quantitative estimate of drug-likeness (QED) is 0.584. The highest BCUT2D eigenvalue weighted by Crippen LogP contribution is 2.13. The molecule has 0 spiro atoms. The molecule has 0 bridgehead atoms. The summed E-state index contributed by atoms with van der Waals surface area (Å²) in [6.07, 6.45) is 4.65. The van der Waals surface area contributed by atoms with Crippen LogP contribution in [0.5, 0.6) is 0 Å². The lowest BCUT2D eigenvalue weighted by Crippen LogP contribution is -2.42. The Hall–Kier alpha value is -2.27. The van der Waals surface area contributed by atoms with E-state index in [1.54, 1.807) is 6.26 Å². The number of aliphatic imine (C=N–C) groups is 1. The molecule has 1 saturated heterocycles. The van der Waals surface area contributed by atoms with Crippen molar-refractivity contribution < 1.29 is 9.15 Å². The minimum Gasteiger partial charge on any atom is -0.469 e. The highest BCUT2D eigenvalue weighted by Gasteiger charge is 2.19. The van der Waals surface area contributed by atoms with Crippen LogP contribution in [-0.2, 0) is 17.6 Å². The molecule has 3 rings (SSSR count). The second kappa shape index (κ2) is 10.0. The lowest BCUT2D eigenvalue weighted by molar-refractivity contribution is 0.181. The van der Waals surface area contributed by atoms with E-state index < -0.39 is 0 Å².